The number of aromatic nitrogens is 3. The molecule has 32 heavy (non-hydrogen) atoms. The van der Waals surface area contributed by atoms with Crippen LogP contribution in [-0.2, 0) is 6.54 Å². The van der Waals surface area contributed by atoms with Gasteiger partial charge in [0.1, 0.15) is 6.61 Å². The van der Waals surface area contributed by atoms with E-state index in [1.807, 2.05) is 62.8 Å². The molecule has 1 unspecified atom stereocenters. The first-order valence-corrected chi connectivity index (χ1v) is 10.8. The van der Waals surface area contributed by atoms with E-state index in [0.717, 1.165) is 35.1 Å². The number of para-hydroxylation sites is 2. The number of benzene rings is 2. The number of nitrogens with one attached hydrogen (secondary N) is 1. The van der Waals surface area contributed by atoms with Crippen LogP contribution in [0.15, 0.2) is 54.9 Å². The zero-order valence-corrected chi connectivity index (χ0v) is 18.6. The number of halogens is 1. The van der Waals surface area contributed by atoms with E-state index in [9.17, 15) is 4.79 Å². The van der Waals surface area contributed by atoms with Crippen molar-refractivity contribution in [1.29, 1.82) is 0 Å². The maximum Gasteiger partial charge on any atom is 0.209 e. The van der Waals surface area contributed by atoms with Crippen molar-refractivity contribution in [2.75, 3.05) is 27.2 Å². The normalized spacial score (nSPS) is 15.4. The number of ketones is 1. The maximum absolute atomic E-state index is 13.5. The summed E-state index contributed by atoms with van der Waals surface area (Å²) in [5.41, 5.74) is 3.34. The van der Waals surface area contributed by atoms with Gasteiger partial charge >= 0.3 is 0 Å². The standard InChI is InChI=1S/C24H23ClN4O3/c1-28(2)9-10-29-13-18(23(30)22-14-31-20-5-3-4-6-21(20)32-22)16-8-7-15(11-19(16)29)17-12-26-27-24(17)25/h3-8,11-13,22H,9-10,14H2,1-2H3,(H,26,27). The molecule has 1 aliphatic heterocycles. The first kappa shape index (κ1) is 20.6. The highest BCUT2D eigenvalue weighted by Gasteiger charge is 2.30. The van der Waals surface area contributed by atoms with Gasteiger partial charge < -0.3 is 18.9 Å². The number of aromatic amines is 1. The molecule has 0 spiro atoms. The quantitative estimate of drug-likeness (QED) is 0.444. The molecular weight excluding hydrogens is 428 g/mol. The summed E-state index contributed by atoms with van der Waals surface area (Å²) < 4.78 is 13.9. The molecular formula is C24H23ClN4O3. The summed E-state index contributed by atoms with van der Waals surface area (Å²) in [6, 6.07) is 13.4. The summed E-state index contributed by atoms with van der Waals surface area (Å²) in [5.74, 6) is 1.15. The minimum absolute atomic E-state index is 0.0952. The number of hydrogen-bond acceptors (Lipinski definition) is 5. The van der Waals surface area contributed by atoms with Crippen LogP contribution in [0.3, 0.4) is 0 Å². The summed E-state index contributed by atoms with van der Waals surface area (Å²) in [6.07, 6.45) is 3.00. The lowest BCUT2D eigenvalue weighted by molar-refractivity contribution is 0.0587. The van der Waals surface area contributed by atoms with Crippen molar-refractivity contribution in [2.24, 2.45) is 0 Å². The van der Waals surface area contributed by atoms with Gasteiger partial charge in [0.05, 0.1) is 0 Å². The molecule has 0 fully saturated rings. The van der Waals surface area contributed by atoms with Crippen LogP contribution in [0.4, 0.5) is 0 Å². The molecule has 0 amide bonds. The number of likely N-dealkylation sites (N-methyl/N-ethyl adjacent to an activating group) is 1. The Labute approximate surface area is 190 Å². The van der Waals surface area contributed by atoms with Crippen molar-refractivity contribution in [2.45, 2.75) is 12.6 Å². The third-order valence-corrected chi connectivity index (χ3v) is 5.93. The largest absolute Gasteiger partial charge is 0.485 e. The van der Waals surface area contributed by atoms with Crippen LogP contribution in [-0.4, -0.2) is 58.8 Å². The topological polar surface area (TPSA) is 72.4 Å². The number of ether oxygens (including phenoxy) is 2. The number of hydrogen-bond donors (Lipinski definition) is 1. The van der Waals surface area contributed by atoms with Crippen LogP contribution in [0.5, 0.6) is 11.5 Å². The Balaban J connectivity index is 1.54. The van der Waals surface area contributed by atoms with E-state index >= 15 is 0 Å². The van der Waals surface area contributed by atoms with Crippen LogP contribution in [0.2, 0.25) is 5.15 Å². The molecule has 1 N–H and O–H groups in total. The molecule has 1 aliphatic rings. The predicted molar refractivity (Wildman–Crippen MR) is 124 cm³/mol. The fourth-order valence-corrected chi connectivity index (χ4v) is 4.16. The van der Waals surface area contributed by atoms with Gasteiger partial charge in [-0.15, -0.1) is 0 Å². The van der Waals surface area contributed by atoms with E-state index in [1.54, 1.807) is 6.20 Å². The summed E-state index contributed by atoms with van der Waals surface area (Å²) in [7, 11) is 4.05. The number of fused-ring (bicyclic) bond motifs is 2. The third-order valence-electron chi connectivity index (χ3n) is 5.64. The second-order valence-corrected chi connectivity index (χ2v) is 8.45. The second kappa shape index (κ2) is 8.33. The predicted octanol–water partition coefficient (Wildman–Crippen LogP) is 4.27. The Morgan fingerprint density at radius 3 is 2.81 bits per heavy atom. The number of carbonyl (C=O) groups excluding carboxylic acids is 1. The molecule has 2 aromatic carbocycles. The Kier molecular flexibility index (Phi) is 5.36. The zero-order chi connectivity index (χ0) is 22.2. The molecule has 3 heterocycles. The second-order valence-electron chi connectivity index (χ2n) is 8.09. The highest BCUT2D eigenvalue weighted by Crippen LogP contribution is 2.34. The van der Waals surface area contributed by atoms with Crippen molar-refractivity contribution in [3.8, 4) is 22.6 Å². The third kappa shape index (κ3) is 3.74. The highest BCUT2D eigenvalue weighted by atomic mass is 35.5. The van der Waals surface area contributed by atoms with E-state index in [4.69, 9.17) is 21.1 Å². The zero-order valence-electron chi connectivity index (χ0n) is 17.8. The average molecular weight is 451 g/mol. The summed E-state index contributed by atoms with van der Waals surface area (Å²) >= 11 is 6.23. The summed E-state index contributed by atoms with van der Waals surface area (Å²) in [5, 5.41) is 8.09. The van der Waals surface area contributed by atoms with E-state index in [1.165, 1.54) is 0 Å². The molecule has 164 valence electrons. The molecule has 2 aromatic heterocycles. The van der Waals surface area contributed by atoms with Gasteiger partial charge in [-0.2, -0.15) is 5.10 Å². The van der Waals surface area contributed by atoms with Gasteiger partial charge in [-0.3, -0.25) is 9.89 Å². The highest BCUT2D eigenvalue weighted by molar-refractivity contribution is 6.32. The number of carbonyl (C=O) groups is 1. The van der Waals surface area contributed by atoms with Crippen LogP contribution in [0.25, 0.3) is 22.0 Å². The number of Topliss-reactive ketones (excluding diaryl/α,β-unsaturated/α-hetero) is 1. The lowest BCUT2D eigenvalue weighted by Crippen LogP contribution is -2.36. The molecule has 8 heteroatoms. The average Bonchev–Trinajstić information content (AvgIpc) is 3.39. The minimum atomic E-state index is -0.694. The Hall–Kier alpha value is -3.29. The monoisotopic (exact) mass is 450 g/mol. The molecule has 0 bridgehead atoms. The Morgan fingerprint density at radius 1 is 1.25 bits per heavy atom. The lowest BCUT2D eigenvalue weighted by atomic mass is 10.0. The molecule has 0 aliphatic carbocycles. The Morgan fingerprint density at radius 2 is 2.06 bits per heavy atom. The number of nitrogens with zero attached hydrogens (tertiary/aromatic N) is 3. The van der Waals surface area contributed by atoms with Gasteiger partial charge in [0.2, 0.25) is 5.78 Å². The van der Waals surface area contributed by atoms with Crippen molar-refractivity contribution in [3.05, 3.63) is 65.6 Å². The van der Waals surface area contributed by atoms with Gasteiger partial charge in [-0.05, 0) is 37.9 Å². The van der Waals surface area contributed by atoms with Crippen LogP contribution >= 0.6 is 11.6 Å². The van der Waals surface area contributed by atoms with Crippen LogP contribution < -0.4 is 9.47 Å². The molecule has 0 saturated heterocycles. The van der Waals surface area contributed by atoms with Crippen LogP contribution in [0, 0.1) is 0 Å². The summed E-state index contributed by atoms with van der Waals surface area (Å²) in [6.45, 7) is 1.76. The lowest BCUT2D eigenvalue weighted by Gasteiger charge is -2.25. The van der Waals surface area contributed by atoms with Crippen molar-refractivity contribution < 1.29 is 14.3 Å². The van der Waals surface area contributed by atoms with Gasteiger partial charge in [0, 0.05) is 47.5 Å². The Bertz CT molecular complexity index is 1290. The van der Waals surface area contributed by atoms with E-state index in [0.29, 0.717) is 22.2 Å². The molecule has 4 aromatic rings. The number of H-pyrrole nitrogens is 1. The molecule has 1 atom stereocenters. The molecule has 0 saturated carbocycles. The fraction of sp³-hybridized carbons (Fsp3) is 0.250. The van der Waals surface area contributed by atoms with Gasteiger partial charge in [0.25, 0.3) is 0 Å². The number of rotatable bonds is 6. The molecule has 0 radical (unpaired) electrons. The smallest absolute Gasteiger partial charge is 0.209 e. The molecule has 5 rings (SSSR count). The van der Waals surface area contributed by atoms with Crippen molar-refractivity contribution >= 4 is 28.3 Å². The van der Waals surface area contributed by atoms with E-state index in [2.05, 4.69) is 19.7 Å². The van der Waals surface area contributed by atoms with Gasteiger partial charge in [-0.25, -0.2) is 0 Å². The maximum atomic E-state index is 13.5. The SMILES string of the molecule is CN(C)CCn1cc(C(=O)C2COc3ccccc3O2)c2ccc(-c3c[nH]nc3Cl)cc21. The van der Waals surface area contributed by atoms with Crippen molar-refractivity contribution in [3.63, 3.8) is 0 Å². The van der Waals surface area contributed by atoms with E-state index in [-0.39, 0.29) is 12.4 Å². The van der Waals surface area contributed by atoms with E-state index < -0.39 is 6.10 Å². The summed E-state index contributed by atoms with van der Waals surface area (Å²) in [4.78, 5) is 15.6. The first-order chi connectivity index (χ1) is 15.5. The fourth-order valence-electron chi connectivity index (χ4n) is 3.95. The van der Waals surface area contributed by atoms with Gasteiger partial charge in [-0.1, -0.05) is 35.9 Å². The van der Waals surface area contributed by atoms with Crippen LogP contribution in [0.1, 0.15) is 10.4 Å². The van der Waals surface area contributed by atoms with Gasteiger partial charge in [0.15, 0.2) is 22.8 Å². The first-order valence-electron chi connectivity index (χ1n) is 10.4. The molecule has 7 nitrogen and oxygen atoms in total. The minimum Gasteiger partial charge on any atom is -0.485 e. The van der Waals surface area contributed by atoms with Crippen molar-refractivity contribution in [1.82, 2.24) is 19.7 Å².